The predicted octanol–water partition coefficient (Wildman–Crippen LogP) is 5.88. The largest absolute Gasteiger partial charge is 0.481 e. The van der Waals surface area contributed by atoms with Gasteiger partial charge in [-0.05, 0) is 59.7 Å². The van der Waals surface area contributed by atoms with Crippen molar-refractivity contribution in [1.82, 2.24) is 10.6 Å². The third kappa shape index (κ3) is 14.1. The number of alkyl halides is 3. The van der Waals surface area contributed by atoms with E-state index in [4.69, 9.17) is 5.11 Å². The van der Waals surface area contributed by atoms with Crippen LogP contribution in [0, 0.1) is 29.2 Å². The Labute approximate surface area is 266 Å². The highest BCUT2D eigenvalue weighted by Crippen LogP contribution is 2.21. The van der Waals surface area contributed by atoms with Crippen molar-refractivity contribution < 1.29 is 55.0 Å². The van der Waals surface area contributed by atoms with E-state index in [2.05, 4.69) is 10.6 Å². The lowest BCUT2D eigenvalue weighted by atomic mass is 9.98. The van der Waals surface area contributed by atoms with Crippen molar-refractivity contribution in [3.8, 4) is 0 Å². The Morgan fingerprint density at radius 3 is 1.60 bits per heavy atom. The van der Waals surface area contributed by atoms with Crippen LogP contribution >= 0.6 is 0 Å². The van der Waals surface area contributed by atoms with E-state index in [-0.39, 0.29) is 37.7 Å². The zero-order valence-electron chi connectivity index (χ0n) is 25.3. The van der Waals surface area contributed by atoms with Crippen LogP contribution in [0.5, 0.6) is 0 Å². The topological polar surface area (TPSA) is 113 Å². The molecule has 0 aromatic heterocycles. The van der Waals surface area contributed by atoms with Crippen LogP contribution in [0.3, 0.4) is 0 Å². The van der Waals surface area contributed by atoms with Crippen molar-refractivity contribution in [2.45, 2.75) is 64.2 Å². The summed E-state index contributed by atoms with van der Waals surface area (Å²) in [6.07, 6.45) is -5.41. The smallest absolute Gasteiger partial charge is 0.452 e. The van der Waals surface area contributed by atoms with Crippen molar-refractivity contribution in [3.05, 3.63) is 107 Å². The molecule has 0 aliphatic carbocycles. The minimum absolute atomic E-state index is 0.0264. The van der Waals surface area contributed by atoms with Crippen molar-refractivity contribution in [1.29, 1.82) is 0 Å². The van der Waals surface area contributed by atoms with Crippen molar-refractivity contribution in [2.75, 3.05) is 0 Å². The summed E-state index contributed by atoms with van der Waals surface area (Å²) in [6.45, 7) is 2.72. The number of nitrogens with one attached hydrogen (secondary N) is 2. The molecule has 0 aliphatic heterocycles. The number of hydrogen-bond acceptors (Lipinski definition) is 4. The average molecular weight is 671 g/mol. The predicted molar refractivity (Wildman–Crippen MR) is 157 cm³/mol. The normalized spacial score (nSPS) is 12.4. The fourth-order valence-corrected chi connectivity index (χ4v) is 4.31. The number of amides is 2. The first-order valence-corrected chi connectivity index (χ1v) is 14.3. The van der Waals surface area contributed by atoms with E-state index in [1.807, 2.05) is 0 Å². The highest BCUT2D eigenvalue weighted by Gasteiger charge is 2.45. The van der Waals surface area contributed by atoms with Gasteiger partial charge in [0.2, 0.25) is 11.8 Å². The quantitative estimate of drug-likeness (QED) is 0.197. The first-order valence-electron chi connectivity index (χ1n) is 14.3. The molecule has 14 heteroatoms. The molecule has 0 radical (unpaired) electrons. The number of carboxylic acid groups (broad SMARTS) is 1. The summed E-state index contributed by atoms with van der Waals surface area (Å²) in [7, 11) is 0. The van der Waals surface area contributed by atoms with Gasteiger partial charge in [0.05, 0.1) is 6.04 Å². The molecule has 0 bridgehead atoms. The molecule has 0 saturated heterocycles. The summed E-state index contributed by atoms with van der Waals surface area (Å²) in [4.78, 5) is 47.3. The van der Waals surface area contributed by atoms with Gasteiger partial charge >= 0.3 is 12.1 Å². The van der Waals surface area contributed by atoms with Crippen molar-refractivity contribution >= 4 is 23.6 Å². The van der Waals surface area contributed by atoms with Crippen LogP contribution in [0.4, 0.5) is 30.7 Å². The Bertz CT molecular complexity index is 1490. The monoisotopic (exact) mass is 670 g/mol. The van der Waals surface area contributed by atoms with Gasteiger partial charge in [0.1, 0.15) is 29.3 Å². The molecule has 0 heterocycles. The number of aryl methyl sites for hydroxylation is 2. The van der Waals surface area contributed by atoms with Crippen LogP contribution in [0.25, 0.3) is 0 Å². The van der Waals surface area contributed by atoms with Gasteiger partial charge in [-0.3, -0.25) is 19.2 Å². The summed E-state index contributed by atoms with van der Waals surface area (Å²) < 4.78 is 90.7. The summed E-state index contributed by atoms with van der Waals surface area (Å²) in [6, 6.07) is 11.2. The second-order valence-corrected chi connectivity index (χ2v) is 10.9. The Kier molecular flexibility index (Phi) is 14.6. The van der Waals surface area contributed by atoms with Gasteiger partial charge in [-0.2, -0.15) is 13.2 Å². The fourth-order valence-electron chi connectivity index (χ4n) is 4.31. The molecular weight excluding hydrogens is 637 g/mol. The molecule has 3 N–H and O–H groups in total. The van der Waals surface area contributed by atoms with E-state index >= 15 is 0 Å². The molecule has 254 valence electrons. The molecule has 0 aliphatic rings. The summed E-state index contributed by atoms with van der Waals surface area (Å²) in [5, 5.41) is 12.9. The minimum Gasteiger partial charge on any atom is -0.481 e. The fraction of sp³-hybridized carbons (Fsp3) is 0.333. The van der Waals surface area contributed by atoms with E-state index in [9.17, 15) is 49.9 Å². The third-order valence-electron chi connectivity index (χ3n) is 6.57. The number of hydrogen-bond donors (Lipinski definition) is 3. The molecule has 47 heavy (non-hydrogen) atoms. The lowest BCUT2D eigenvalue weighted by Gasteiger charge is -2.25. The third-order valence-corrected chi connectivity index (χ3v) is 6.57. The molecule has 2 amide bonds. The summed E-state index contributed by atoms with van der Waals surface area (Å²) in [5.41, 5.74) is 1.21. The zero-order valence-corrected chi connectivity index (χ0v) is 25.3. The van der Waals surface area contributed by atoms with Gasteiger partial charge < -0.3 is 15.7 Å². The van der Waals surface area contributed by atoms with E-state index in [0.717, 1.165) is 30.3 Å². The van der Waals surface area contributed by atoms with Crippen LogP contribution in [0.15, 0.2) is 66.7 Å². The second-order valence-electron chi connectivity index (χ2n) is 10.9. The lowest BCUT2D eigenvalue weighted by molar-refractivity contribution is -0.175. The maximum absolute atomic E-state index is 13.3. The molecule has 0 saturated carbocycles. The van der Waals surface area contributed by atoms with Gasteiger partial charge in [0.25, 0.3) is 5.78 Å². The molecule has 3 rings (SSSR count). The highest BCUT2D eigenvalue weighted by molar-refractivity contribution is 5.95. The SMILES string of the molecule is CC(C)[C@H](NC(=O)[C@H](Cc1ccccc1)NC(=O)CCc1cc(F)cc(F)c1)C(=O)C(F)(F)F.O=C(O)CCc1cc(F)cc(F)c1. The molecular formula is C33H33F7N2O5. The standard InChI is InChI=1S/C24H25F5N2O3.C9H8F2O2/c1-14(2)21(22(33)24(27,28)29)31-23(34)19(12-15-6-4-3-5-7-15)30-20(32)9-8-16-10-17(25)13-18(26)11-16;10-7-3-6(1-2-9(12)13)4-8(11)5-7/h3-7,10-11,13-14,19,21H,8-9,12H2,1-2H3,(H,30,32)(H,31,34);3-5H,1-2H2,(H,12,13)/t19-,21-;/m0./s1. The van der Waals surface area contributed by atoms with E-state index in [0.29, 0.717) is 17.2 Å². The molecule has 2 atom stereocenters. The van der Waals surface area contributed by atoms with Crippen molar-refractivity contribution in [2.24, 2.45) is 5.92 Å². The Hall–Kier alpha value is -4.75. The maximum Gasteiger partial charge on any atom is 0.452 e. The van der Waals surface area contributed by atoms with Crippen LogP contribution in [-0.4, -0.2) is 46.9 Å². The molecule has 0 spiro atoms. The summed E-state index contributed by atoms with van der Waals surface area (Å²) in [5.74, 6) is -8.49. The molecule has 7 nitrogen and oxygen atoms in total. The Morgan fingerprint density at radius 1 is 0.702 bits per heavy atom. The Balaban J connectivity index is 0.000000492. The van der Waals surface area contributed by atoms with E-state index in [1.54, 1.807) is 30.3 Å². The number of rotatable bonds is 13. The lowest BCUT2D eigenvalue weighted by Crippen LogP contribution is -2.56. The van der Waals surface area contributed by atoms with Gasteiger partial charge in [0, 0.05) is 31.4 Å². The zero-order chi connectivity index (χ0) is 35.3. The first kappa shape index (κ1) is 38.4. The first-order chi connectivity index (χ1) is 21.9. The minimum atomic E-state index is -5.14. The van der Waals surface area contributed by atoms with Gasteiger partial charge in [-0.15, -0.1) is 0 Å². The molecule has 3 aromatic rings. The van der Waals surface area contributed by atoms with Crippen LogP contribution in [0.2, 0.25) is 0 Å². The van der Waals surface area contributed by atoms with Crippen LogP contribution in [-0.2, 0) is 38.4 Å². The number of carboxylic acids is 1. The number of carbonyl (C=O) groups excluding carboxylic acids is 3. The number of benzene rings is 3. The number of carbonyl (C=O) groups is 4. The second kappa shape index (κ2) is 17.8. The molecule has 3 aromatic carbocycles. The van der Waals surface area contributed by atoms with E-state index in [1.165, 1.54) is 13.8 Å². The number of Topliss-reactive ketones (excluding diaryl/α,β-unsaturated/α-hetero) is 1. The average Bonchev–Trinajstić information content (AvgIpc) is 2.96. The number of aliphatic carboxylic acids is 1. The van der Waals surface area contributed by atoms with E-state index < -0.39 is 71.0 Å². The molecule has 0 unspecified atom stereocenters. The number of ketones is 1. The van der Waals surface area contributed by atoms with Gasteiger partial charge in [-0.1, -0.05) is 44.2 Å². The van der Waals surface area contributed by atoms with Gasteiger partial charge in [0.15, 0.2) is 0 Å². The van der Waals surface area contributed by atoms with Crippen LogP contribution in [0.1, 0.15) is 43.4 Å². The van der Waals surface area contributed by atoms with Crippen LogP contribution < -0.4 is 10.6 Å². The highest BCUT2D eigenvalue weighted by atomic mass is 19.4. The maximum atomic E-state index is 13.3. The van der Waals surface area contributed by atoms with Crippen molar-refractivity contribution in [3.63, 3.8) is 0 Å². The summed E-state index contributed by atoms with van der Waals surface area (Å²) >= 11 is 0. The van der Waals surface area contributed by atoms with Gasteiger partial charge in [-0.25, -0.2) is 17.6 Å². The Morgan fingerprint density at radius 2 is 1.17 bits per heavy atom. The molecule has 0 fully saturated rings. The number of halogens is 7.